The molecule has 0 bridgehead atoms. The van der Waals surface area contributed by atoms with Gasteiger partial charge in [0.25, 0.3) is 0 Å². The Morgan fingerprint density at radius 2 is 1.93 bits per heavy atom. The Balaban J connectivity index is 1.72. The van der Waals surface area contributed by atoms with Gasteiger partial charge in [-0.3, -0.25) is 4.90 Å². The molecule has 2 heterocycles. The van der Waals surface area contributed by atoms with E-state index in [1.54, 1.807) is 12.1 Å². The zero-order chi connectivity index (χ0) is 20.4. The van der Waals surface area contributed by atoms with Crippen LogP contribution >= 0.6 is 0 Å². The number of hydrogen-bond donors (Lipinski definition) is 1. The van der Waals surface area contributed by atoms with E-state index in [2.05, 4.69) is 9.47 Å². The maximum Gasteiger partial charge on any atom is 0.161 e. The van der Waals surface area contributed by atoms with E-state index in [1.807, 2.05) is 37.4 Å². The molecule has 0 amide bonds. The number of aromatic hydroxyl groups is 1. The van der Waals surface area contributed by atoms with Gasteiger partial charge >= 0.3 is 0 Å². The Morgan fingerprint density at radius 1 is 1.07 bits per heavy atom. The third-order valence-corrected chi connectivity index (χ3v) is 5.32. The number of nitrogens with zero attached hydrogens (tertiary/aromatic N) is 2. The van der Waals surface area contributed by atoms with Crippen molar-refractivity contribution in [2.24, 2.45) is 0 Å². The molecule has 0 radical (unpaired) electrons. The van der Waals surface area contributed by atoms with Crippen LogP contribution in [-0.2, 0) is 13.1 Å². The maximum absolute atomic E-state index is 14.0. The first-order chi connectivity index (χ1) is 14.1. The van der Waals surface area contributed by atoms with Crippen LogP contribution in [0.4, 0.5) is 8.78 Å². The summed E-state index contributed by atoms with van der Waals surface area (Å²) < 4.78 is 35.3. The first-order valence-corrected chi connectivity index (χ1v) is 9.85. The van der Waals surface area contributed by atoms with Crippen LogP contribution in [0.15, 0.2) is 54.7 Å². The van der Waals surface area contributed by atoms with Crippen molar-refractivity contribution in [1.82, 2.24) is 9.47 Å². The summed E-state index contributed by atoms with van der Waals surface area (Å²) in [6.45, 7) is 4.60. The minimum absolute atomic E-state index is 0.109. The fourth-order valence-corrected chi connectivity index (χ4v) is 4.04. The summed E-state index contributed by atoms with van der Waals surface area (Å²) in [5, 5.41) is 9.99. The van der Waals surface area contributed by atoms with Gasteiger partial charge in [0.15, 0.2) is 23.1 Å². The average molecular weight is 398 g/mol. The van der Waals surface area contributed by atoms with Crippen LogP contribution in [0.2, 0.25) is 0 Å². The second kappa shape index (κ2) is 8.25. The van der Waals surface area contributed by atoms with Crippen LogP contribution in [0.5, 0.6) is 11.5 Å². The molecule has 3 aromatic rings. The smallest absolute Gasteiger partial charge is 0.161 e. The van der Waals surface area contributed by atoms with Gasteiger partial charge in [-0.1, -0.05) is 12.1 Å². The van der Waals surface area contributed by atoms with Crippen molar-refractivity contribution < 1.29 is 18.6 Å². The number of phenols is 1. The average Bonchev–Trinajstić information content (AvgIpc) is 3.09. The summed E-state index contributed by atoms with van der Waals surface area (Å²) >= 11 is 0. The van der Waals surface area contributed by atoms with Crippen molar-refractivity contribution in [1.29, 1.82) is 0 Å². The molecular formula is C23H24F2N2O2. The van der Waals surface area contributed by atoms with E-state index in [9.17, 15) is 13.9 Å². The number of aryl methyl sites for hydroxylation is 1. The fourth-order valence-electron chi connectivity index (χ4n) is 4.04. The van der Waals surface area contributed by atoms with Gasteiger partial charge in [0.1, 0.15) is 0 Å². The zero-order valence-corrected chi connectivity index (χ0v) is 16.3. The lowest BCUT2D eigenvalue weighted by Crippen LogP contribution is -2.29. The molecule has 6 heteroatoms. The predicted molar refractivity (Wildman–Crippen MR) is 107 cm³/mol. The quantitative estimate of drug-likeness (QED) is 0.667. The zero-order valence-electron chi connectivity index (χ0n) is 16.3. The lowest BCUT2D eigenvalue weighted by atomic mass is 10.0. The highest BCUT2D eigenvalue weighted by atomic mass is 19.2. The Hall–Kier alpha value is -2.86. The van der Waals surface area contributed by atoms with Crippen LogP contribution in [0.25, 0.3) is 0 Å². The molecule has 2 aromatic carbocycles. The molecule has 1 N–H and O–H groups in total. The Kier molecular flexibility index (Phi) is 5.53. The number of ether oxygens (including phenoxy) is 1. The molecule has 0 fully saturated rings. The largest absolute Gasteiger partial charge is 0.504 e. The van der Waals surface area contributed by atoms with Crippen molar-refractivity contribution in [2.75, 3.05) is 13.2 Å². The fraction of sp³-hybridized carbons (Fsp3) is 0.304. The molecule has 1 atom stereocenters. The van der Waals surface area contributed by atoms with Crippen LogP contribution in [0.3, 0.4) is 0 Å². The van der Waals surface area contributed by atoms with Gasteiger partial charge in [0, 0.05) is 31.5 Å². The summed E-state index contributed by atoms with van der Waals surface area (Å²) in [6.07, 6.45) is 2.97. The summed E-state index contributed by atoms with van der Waals surface area (Å²) in [4.78, 5) is 2.26. The van der Waals surface area contributed by atoms with E-state index in [0.717, 1.165) is 36.3 Å². The number of aromatic nitrogens is 1. The van der Waals surface area contributed by atoms with E-state index < -0.39 is 11.6 Å². The maximum atomic E-state index is 14.0. The molecule has 4 nitrogen and oxygen atoms in total. The Morgan fingerprint density at radius 3 is 2.72 bits per heavy atom. The highest BCUT2D eigenvalue weighted by Crippen LogP contribution is 2.35. The van der Waals surface area contributed by atoms with Crippen LogP contribution < -0.4 is 4.74 Å². The highest BCUT2D eigenvalue weighted by Gasteiger charge is 2.28. The minimum atomic E-state index is -0.843. The molecule has 1 aliphatic heterocycles. The number of hydrogen-bond acceptors (Lipinski definition) is 3. The molecule has 0 unspecified atom stereocenters. The summed E-state index contributed by atoms with van der Waals surface area (Å²) in [5.41, 5.74) is 2.76. The standard InChI is InChI=1S/C23H24F2N2O2/c1-2-29-22-13-16(6-9-21(22)28)15-27-12-4-11-26-10-3-5-20(26)23(27)17-7-8-18(24)19(25)14-17/h3,5-10,13-14,23,28H,2,4,11-12,15H2,1H3/t23-/m0/s1. The second-order valence-corrected chi connectivity index (χ2v) is 7.26. The van der Waals surface area contributed by atoms with E-state index in [-0.39, 0.29) is 11.8 Å². The molecule has 152 valence electrons. The van der Waals surface area contributed by atoms with E-state index >= 15 is 0 Å². The number of benzene rings is 2. The Bertz CT molecular complexity index is 1000. The summed E-state index contributed by atoms with van der Waals surface area (Å²) in [7, 11) is 0. The van der Waals surface area contributed by atoms with Gasteiger partial charge in [0.2, 0.25) is 0 Å². The number of rotatable bonds is 5. The monoisotopic (exact) mass is 398 g/mol. The van der Waals surface area contributed by atoms with Crippen LogP contribution in [0.1, 0.15) is 36.2 Å². The molecule has 1 aromatic heterocycles. The second-order valence-electron chi connectivity index (χ2n) is 7.26. The van der Waals surface area contributed by atoms with Crippen LogP contribution in [-0.4, -0.2) is 27.7 Å². The minimum Gasteiger partial charge on any atom is -0.504 e. The highest BCUT2D eigenvalue weighted by molar-refractivity contribution is 5.42. The SMILES string of the molecule is CCOc1cc(CN2CCCn3cccc3[C@@H]2c2ccc(F)c(F)c2)ccc1O. The summed E-state index contributed by atoms with van der Waals surface area (Å²) in [5.74, 6) is -1.12. The van der Waals surface area contributed by atoms with Crippen molar-refractivity contribution in [2.45, 2.75) is 32.5 Å². The molecule has 29 heavy (non-hydrogen) atoms. The van der Waals surface area contributed by atoms with Crippen molar-refractivity contribution in [3.05, 3.63) is 83.2 Å². The first kappa shape index (κ1) is 19.5. The molecule has 0 saturated carbocycles. The number of phenolic OH excluding ortho intramolecular Hbond substituents is 1. The molecule has 4 rings (SSSR count). The van der Waals surface area contributed by atoms with Gasteiger partial charge in [-0.05, 0) is 60.9 Å². The number of fused-ring (bicyclic) bond motifs is 1. The molecule has 0 aliphatic carbocycles. The van der Waals surface area contributed by atoms with Crippen molar-refractivity contribution in [3.8, 4) is 11.5 Å². The molecule has 0 spiro atoms. The third kappa shape index (κ3) is 3.98. The van der Waals surface area contributed by atoms with Gasteiger partial charge < -0.3 is 14.4 Å². The normalized spacial score (nSPS) is 17.0. The lowest BCUT2D eigenvalue weighted by Gasteiger charge is -2.31. The van der Waals surface area contributed by atoms with Gasteiger partial charge in [-0.15, -0.1) is 0 Å². The predicted octanol–water partition coefficient (Wildman–Crippen LogP) is 4.87. The van der Waals surface area contributed by atoms with Gasteiger partial charge in [-0.2, -0.15) is 0 Å². The molecular weight excluding hydrogens is 374 g/mol. The van der Waals surface area contributed by atoms with Gasteiger partial charge in [-0.25, -0.2) is 8.78 Å². The van der Waals surface area contributed by atoms with Gasteiger partial charge in [0.05, 0.1) is 12.6 Å². The van der Waals surface area contributed by atoms with E-state index in [1.165, 1.54) is 12.1 Å². The van der Waals surface area contributed by atoms with Crippen molar-refractivity contribution in [3.63, 3.8) is 0 Å². The third-order valence-electron chi connectivity index (χ3n) is 5.32. The summed E-state index contributed by atoms with van der Waals surface area (Å²) in [6, 6.07) is 13.3. The first-order valence-electron chi connectivity index (χ1n) is 9.85. The Labute approximate surface area is 169 Å². The van der Waals surface area contributed by atoms with Crippen LogP contribution in [0, 0.1) is 11.6 Å². The topological polar surface area (TPSA) is 37.6 Å². The lowest BCUT2D eigenvalue weighted by molar-refractivity contribution is 0.219. The van der Waals surface area contributed by atoms with Crippen molar-refractivity contribution >= 4 is 0 Å². The van der Waals surface area contributed by atoms with E-state index in [0.29, 0.717) is 18.9 Å². The molecule has 1 aliphatic rings. The molecule has 0 saturated heterocycles. The van der Waals surface area contributed by atoms with E-state index in [4.69, 9.17) is 4.74 Å². The number of halogens is 2.